The van der Waals surface area contributed by atoms with Gasteiger partial charge in [0.25, 0.3) is 11.7 Å². The van der Waals surface area contributed by atoms with Gasteiger partial charge in [-0.05, 0) is 74.3 Å². The van der Waals surface area contributed by atoms with Gasteiger partial charge in [-0.2, -0.15) is 0 Å². The van der Waals surface area contributed by atoms with Crippen LogP contribution >= 0.6 is 0 Å². The maximum atomic E-state index is 13.3. The van der Waals surface area contributed by atoms with E-state index in [1.54, 1.807) is 29.2 Å². The van der Waals surface area contributed by atoms with Crippen LogP contribution in [0.5, 0.6) is 11.5 Å². The number of hydrogen-bond acceptors (Lipinski definition) is 6. The second-order valence-corrected chi connectivity index (χ2v) is 9.58. The van der Waals surface area contributed by atoms with E-state index in [0.717, 1.165) is 25.1 Å². The average molecular weight is 509 g/mol. The van der Waals surface area contributed by atoms with E-state index in [4.69, 9.17) is 9.47 Å². The molecule has 1 heterocycles. The van der Waals surface area contributed by atoms with Gasteiger partial charge in [-0.3, -0.25) is 9.59 Å². The molecular weight excluding hydrogens is 468 g/mol. The minimum absolute atomic E-state index is 0.0908. The minimum atomic E-state index is -0.712. The zero-order valence-corrected chi connectivity index (χ0v) is 22.7. The van der Waals surface area contributed by atoms with Crippen molar-refractivity contribution in [2.75, 3.05) is 39.4 Å². The third-order valence-electron chi connectivity index (χ3n) is 6.67. The number of Topliss-reactive ketones (excluding diaryl/α,β-unsaturated/α-hetero) is 1. The highest BCUT2D eigenvalue weighted by Crippen LogP contribution is 2.40. The molecule has 37 heavy (non-hydrogen) atoms. The summed E-state index contributed by atoms with van der Waals surface area (Å²) in [5.74, 6) is 0.389. The fourth-order valence-corrected chi connectivity index (χ4v) is 4.46. The lowest BCUT2D eigenvalue weighted by Crippen LogP contribution is -2.38. The molecule has 1 N–H and O–H groups in total. The van der Waals surface area contributed by atoms with Crippen LogP contribution in [0.3, 0.4) is 0 Å². The molecule has 2 aromatic carbocycles. The lowest BCUT2D eigenvalue weighted by molar-refractivity contribution is -0.140. The van der Waals surface area contributed by atoms with Crippen molar-refractivity contribution in [1.82, 2.24) is 9.80 Å². The van der Waals surface area contributed by atoms with E-state index in [0.29, 0.717) is 49.3 Å². The molecule has 1 fully saturated rings. The van der Waals surface area contributed by atoms with Crippen molar-refractivity contribution >= 4 is 17.4 Å². The normalized spacial score (nSPS) is 17.2. The molecule has 0 saturated carbocycles. The molecule has 0 aliphatic carbocycles. The maximum absolute atomic E-state index is 13.3. The van der Waals surface area contributed by atoms with Crippen LogP contribution in [0.1, 0.15) is 58.2 Å². The Balaban J connectivity index is 2.03. The molecular formula is C30H40N2O5. The second kappa shape index (κ2) is 13.3. The Morgan fingerprint density at radius 1 is 1.00 bits per heavy atom. The first-order valence-corrected chi connectivity index (χ1v) is 13.3. The van der Waals surface area contributed by atoms with Crippen LogP contribution in [0, 0.1) is 5.92 Å². The predicted octanol–water partition coefficient (Wildman–Crippen LogP) is 5.27. The van der Waals surface area contributed by atoms with E-state index in [9.17, 15) is 14.7 Å². The smallest absolute Gasteiger partial charge is 0.295 e. The molecule has 1 atom stereocenters. The number of aliphatic hydroxyl groups is 1. The number of carbonyl (C=O) groups is 2. The Hall–Kier alpha value is -3.32. The van der Waals surface area contributed by atoms with Gasteiger partial charge in [-0.25, -0.2) is 0 Å². The molecule has 0 aromatic heterocycles. The van der Waals surface area contributed by atoms with Gasteiger partial charge >= 0.3 is 0 Å². The summed E-state index contributed by atoms with van der Waals surface area (Å²) >= 11 is 0. The molecule has 7 heteroatoms. The van der Waals surface area contributed by atoms with Crippen molar-refractivity contribution < 1.29 is 24.2 Å². The molecule has 1 saturated heterocycles. The average Bonchev–Trinajstić information content (AvgIpc) is 3.14. The molecule has 0 radical (unpaired) electrons. The number of amides is 1. The summed E-state index contributed by atoms with van der Waals surface area (Å²) in [5, 5.41) is 11.3. The molecule has 0 bridgehead atoms. The summed E-state index contributed by atoms with van der Waals surface area (Å²) in [5.41, 5.74) is 1.28. The Kier molecular flexibility index (Phi) is 10.1. The van der Waals surface area contributed by atoms with Crippen LogP contribution in [-0.2, 0) is 9.59 Å². The fraction of sp³-hybridized carbons (Fsp3) is 0.467. The number of likely N-dealkylation sites (N-methyl/N-ethyl adjacent to an activating group) is 1. The quantitative estimate of drug-likeness (QED) is 0.225. The van der Waals surface area contributed by atoms with E-state index >= 15 is 0 Å². The highest BCUT2D eigenvalue weighted by atomic mass is 16.5. The number of likely N-dealkylation sites (tertiary alicyclic amines) is 1. The van der Waals surface area contributed by atoms with E-state index in [2.05, 4.69) is 32.6 Å². The van der Waals surface area contributed by atoms with Gasteiger partial charge < -0.3 is 24.4 Å². The summed E-state index contributed by atoms with van der Waals surface area (Å²) < 4.78 is 11.5. The first kappa shape index (κ1) is 28.3. The first-order valence-electron chi connectivity index (χ1n) is 13.3. The van der Waals surface area contributed by atoms with Gasteiger partial charge in [0.1, 0.15) is 17.3 Å². The summed E-state index contributed by atoms with van der Waals surface area (Å²) in [4.78, 5) is 30.4. The number of ketones is 1. The zero-order chi connectivity index (χ0) is 26.9. The van der Waals surface area contributed by atoms with Crippen LogP contribution in [0.15, 0.2) is 54.1 Å². The molecule has 1 aliphatic heterocycles. The molecule has 200 valence electrons. The molecule has 1 amide bonds. The lowest BCUT2D eigenvalue weighted by Gasteiger charge is -2.28. The lowest BCUT2D eigenvalue weighted by atomic mass is 9.95. The van der Waals surface area contributed by atoms with Gasteiger partial charge in [0.15, 0.2) is 0 Å². The fourth-order valence-electron chi connectivity index (χ4n) is 4.46. The molecule has 0 spiro atoms. The Bertz CT molecular complexity index is 1090. The number of aliphatic hydroxyl groups excluding tert-OH is 1. The third-order valence-corrected chi connectivity index (χ3v) is 6.67. The van der Waals surface area contributed by atoms with Gasteiger partial charge in [-0.1, -0.05) is 39.8 Å². The van der Waals surface area contributed by atoms with Crippen molar-refractivity contribution in [2.24, 2.45) is 5.92 Å². The summed E-state index contributed by atoms with van der Waals surface area (Å²) in [6.45, 7) is 14.1. The highest BCUT2D eigenvalue weighted by Gasteiger charge is 2.46. The van der Waals surface area contributed by atoms with Gasteiger partial charge in [-0.15, -0.1) is 0 Å². The van der Waals surface area contributed by atoms with Crippen LogP contribution in [0.2, 0.25) is 0 Å². The van der Waals surface area contributed by atoms with E-state index in [1.165, 1.54) is 0 Å². The zero-order valence-electron chi connectivity index (χ0n) is 22.7. The summed E-state index contributed by atoms with van der Waals surface area (Å²) in [6, 6.07) is 13.7. The Morgan fingerprint density at radius 3 is 2.32 bits per heavy atom. The standard InChI is InChI=1S/C30H40N2O5/c1-6-31(7-2)17-18-32-27(23-10-9-11-25(20-23)37-19-16-21(4)5)26(29(34)30(32)35)28(33)22-12-14-24(15-13-22)36-8-3/h9-15,20-21,27,33H,6-8,16-19H2,1-5H3/b28-26+. The van der Waals surface area contributed by atoms with Crippen LogP contribution in [0.25, 0.3) is 5.76 Å². The van der Waals surface area contributed by atoms with Gasteiger partial charge in [0.05, 0.1) is 24.8 Å². The number of nitrogens with zero attached hydrogens (tertiary/aromatic N) is 2. The van der Waals surface area contributed by atoms with E-state index in [1.807, 2.05) is 31.2 Å². The number of rotatable bonds is 13. The van der Waals surface area contributed by atoms with Crippen LogP contribution in [0.4, 0.5) is 0 Å². The number of benzene rings is 2. The van der Waals surface area contributed by atoms with Crippen molar-refractivity contribution in [2.45, 2.75) is 47.1 Å². The monoisotopic (exact) mass is 508 g/mol. The number of hydrogen-bond donors (Lipinski definition) is 1. The largest absolute Gasteiger partial charge is 0.507 e. The topological polar surface area (TPSA) is 79.3 Å². The molecule has 2 aromatic rings. The molecule has 3 rings (SSSR count). The van der Waals surface area contributed by atoms with Crippen molar-refractivity contribution in [3.8, 4) is 11.5 Å². The Morgan fingerprint density at radius 2 is 1.70 bits per heavy atom. The molecule has 1 aliphatic rings. The molecule has 7 nitrogen and oxygen atoms in total. The first-order chi connectivity index (χ1) is 17.8. The summed E-state index contributed by atoms with van der Waals surface area (Å²) in [6.07, 6.45) is 0.921. The maximum Gasteiger partial charge on any atom is 0.295 e. The summed E-state index contributed by atoms with van der Waals surface area (Å²) in [7, 11) is 0. The van der Waals surface area contributed by atoms with Crippen molar-refractivity contribution in [3.63, 3.8) is 0 Å². The van der Waals surface area contributed by atoms with Gasteiger partial charge in [0, 0.05) is 18.7 Å². The van der Waals surface area contributed by atoms with E-state index in [-0.39, 0.29) is 11.3 Å². The van der Waals surface area contributed by atoms with Crippen LogP contribution in [-0.4, -0.2) is 66.0 Å². The van der Waals surface area contributed by atoms with E-state index < -0.39 is 17.7 Å². The predicted molar refractivity (Wildman–Crippen MR) is 146 cm³/mol. The second-order valence-electron chi connectivity index (χ2n) is 9.58. The molecule has 1 unspecified atom stereocenters. The van der Waals surface area contributed by atoms with Crippen molar-refractivity contribution in [1.29, 1.82) is 0 Å². The number of carbonyl (C=O) groups excluding carboxylic acids is 2. The third kappa shape index (κ3) is 6.92. The number of ether oxygens (including phenoxy) is 2. The van der Waals surface area contributed by atoms with Crippen LogP contribution < -0.4 is 9.47 Å². The Labute approximate surface area is 220 Å². The minimum Gasteiger partial charge on any atom is -0.507 e. The highest BCUT2D eigenvalue weighted by molar-refractivity contribution is 6.46. The van der Waals surface area contributed by atoms with Crippen molar-refractivity contribution in [3.05, 3.63) is 65.2 Å². The SMILES string of the molecule is CCOc1ccc(/C(O)=C2\C(=O)C(=O)N(CCN(CC)CC)C2c2cccc(OCCC(C)C)c2)cc1. The van der Waals surface area contributed by atoms with Gasteiger partial charge in [0.2, 0.25) is 0 Å².